The number of aromatic nitrogens is 3. The number of nitrogen functional groups attached to an aromatic ring is 1. The number of hydrogen-bond acceptors (Lipinski definition) is 6. The molecule has 3 N–H and O–H groups in total. The molecule has 2 aromatic rings. The zero-order valence-corrected chi connectivity index (χ0v) is 10.6. The van der Waals surface area contributed by atoms with Crippen LogP contribution in [0.2, 0.25) is 0 Å². The Kier molecular flexibility index (Phi) is 3.24. The SMILES string of the molecule is Nc1ncc(-c2ccc(N3CCNCC3)nc2)cn1. The minimum atomic E-state index is 0.286. The summed E-state index contributed by atoms with van der Waals surface area (Å²) in [5.41, 5.74) is 7.40. The van der Waals surface area contributed by atoms with Crippen LogP contribution < -0.4 is 16.0 Å². The van der Waals surface area contributed by atoms with E-state index in [1.807, 2.05) is 18.3 Å². The second kappa shape index (κ2) is 5.19. The van der Waals surface area contributed by atoms with Crippen molar-refractivity contribution in [1.29, 1.82) is 0 Å². The summed E-state index contributed by atoms with van der Waals surface area (Å²) in [6.07, 6.45) is 5.28. The second-order valence-corrected chi connectivity index (χ2v) is 4.47. The van der Waals surface area contributed by atoms with Gasteiger partial charge < -0.3 is 16.0 Å². The molecule has 2 aromatic heterocycles. The van der Waals surface area contributed by atoms with E-state index in [4.69, 9.17) is 5.73 Å². The van der Waals surface area contributed by atoms with Crippen LogP contribution in [-0.2, 0) is 0 Å². The van der Waals surface area contributed by atoms with Crippen molar-refractivity contribution in [2.24, 2.45) is 0 Å². The third-order valence-corrected chi connectivity index (χ3v) is 3.19. The van der Waals surface area contributed by atoms with Crippen molar-refractivity contribution in [2.75, 3.05) is 36.8 Å². The molecule has 3 rings (SSSR count). The fraction of sp³-hybridized carbons (Fsp3) is 0.308. The molecule has 0 saturated carbocycles. The molecule has 6 heteroatoms. The van der Waals surface area contributed by atoms with E-state index in [-0.39, 0.29) is 5.95 Å². The third kappa shape index (κ3) is 2.63. The number of pyridine rings is 1. The number of piperazine rings is 1. The lowest BCUT2D eigenvalue weighted by Crippen LogP contribution is -2.43. The highest BCUT2D eigenvalue weighted by Gasteiger charge is 2.11. The topological polar surface area (TPSA) is 80.0 Å². The lowest BCUT2D eigenvalue weighted by Gasteiger charge is -2.28. The van der Waals surface area contributed by atoms with E-state index in [1.165, 1.54) is 0 Å². The Labute approximate surface area is 111 Å². The molecule has 3 heterocycles. The molecule has 0 radical (unpaired) electrons. The molecule has 1 saturated heterocycles. The Morgan fingerprint density at radius 2 is 1.63 bits per heavy atom. The zero-order chi connectivity index (χ0) is 13.1. The van der Waals surface area contributed by atoms with E-state index in [0.29, 0.717) is 0 Å². The average molecular weight is 256 g/mol. The van der Waals surface area contributed by atoms with Gasteiger partial charge in [-0.2, -0.15) is 0 Å². The molecule has 0 amide bonds. The van der Waals surface area contributed by atoms with Gasteiger partial charge in [0.15, 0.2) is 0 Å². The van der Waals surface area contributed by atoms with E-state index in [9.17, 15) is 0 Å². The summed E-state index contributed by atoms with van der Waals surface area (Å²) >= 11 is 0. The first kappa shape index (κ1) is 11.9. The normalized spacial score (nSPS) is 15.5. The quantitative estimate of drug-likeness (QED) is 0.816. The van der Waals surface area contributed by atoms with Crippen LogP contribution in [0.5, 0.6) is 0 Å². The molecule has 0 unspecified atom stereocenters. The van der Waals surface area contributed by atoms with Crippen molar-refractivity contribution in [2.45, 2.75) is 0 Å². The largest absolute Gasteiger partial charge is 0.368 e. The van der Waals surface area contributed by atoms with E-state index < -0.39 is 0 Å². The Hall–Kier alpha value is -2.21. The molecular formula is C13H16N6. The van der Waals surface area contributed by atoms with Crippen LogP contribution in [0, 0.1) is 0 Å². The van der Waals surface area contributed by atoms with Crippen LogP contribution in [0.1, 0.15) is 0 Å². The molecule has 0 atom stereocenters. The minimum Gasteiger partial charge on any atom is -0.368 e. The standard InChI is InChI=1S/C13H16N6/c14-13-17-8-11(9-18-13)10-1-2-12(16-7-10)19-5-3-15-4-6-19/h1-2,7-9,15H,3-6H2,(H2,14,17,18). The molecule has 19 heavy (non-hydrogen) atoms. The molecule has 1 fully saturated rings. The van der Waals surface area contributed by atoms with Gasteiger partial charge in [-0.05, 0) is 12.1 Å². The van der Waals surface area contributed by atoms with Crippen LogP contribution >= 0.6 is 0 Å². The van der Waals surface area contributed by atoms with Gasteiger partial charge in [0.2, 0.25) is 5.95 Å². The molecule has 0 spiro atoms. The van der Waals surface area contributed by atoms with Crippen LogP contribution in [0.15, 0.2) is 30.7 Å². The number of rotatable bonds is 2. The van der Waals surface area contributed by atoms with E-state index in [0.717, 1.165) is 43.1 Å². The van der Waals surface area contributed by atoms with E-state index in [2.05, 4.69) is 25.2 Å². The van der Waals surface area contributed by atoms with Gasteiger partial charge in [0.05, 0.1) is 0 Å². The molecular weight excluding hydrogens is 240 g/mol. The van der Waals surface area contributed by atoms with Crippen LogP contribution in [-0.4, -0.2) is 41.1 Å². The van der Waals surface area contributed by atoms with Crippen molar-refractivity contribution >= 4 is 11.8 Å². The first-order valence-electron chi connectivity index (χ1n) is 6.32. The highest BCUT2D eigenvalue weighted by Crippen LogP contribution is 2.20. The van der Waals surface area contributed by atoms with Crippen molar-refractivity contribution in [3.63, 3.8) is 0 Å². The predicted molar refractivity (Wildman–Crippen MR) is 74.8 cm³/mol. The van der Waals surface area contributed by atoms with Gasteiger partial charge in [0.1, 0.15) is 5.82 Å². The molecule has 0 aromatic carbocycles. The molecule has 0 bridgehead atoms. The number of anilines is 2. The maximum atomic E-state index is 5.48. The van der Waals surface area contributed by atoms with Crippen molar-refractivity contribution < 1.29 is 0 Å². The first-order valence-corrected chi connectivity index (χ1v) is 6.32. The number of nitrogens with two attached hydrogens (primary N) is 1. The van der Waals surface area contributed by atoms with Gasteiger partial charge in [-0.25, -0.2) is 15.0 Å². The Bertz CT molecular complexity index is 530. The van der Waals surface area contributed by atoms with Gasteiger partial charge in [0.25, 0.3) is 0 Å². The van der Waals surface area contributed by atoms with Gasteiger partial charge in [-0.1, -0.05) is 0 Å². The summed E-state index contributed by atoms with van der Waals surface area (Å²) in [7, 11) is 0. The van der Waals surface area contributed by atoms with Gasteiger partial charge in [-0.3, -0.25) is 0 Å². The monoisotopic (exact) mass is 256 g/mol. The van der Waals surface area contributed by atoms with Crippen molar-refractivity contribution in [3.8, 4) is 11.1 Å². The lowest BCUT2D eigenvalue weighted by molar-refractivity contribution is 0.585. The van der Waals surface area contributed by atoms with Gasteiger partial charge in [-0.15, -0.1) is 0 Å². The van der Waals surface area contributed by atoms with Crippen LogP contribution in [0.4, 0.5) is 11.8 Å². The fourth-order valence-corrected chi connectivity index (χ4v) is 2.12. The lowest BCUT2D eigenvalue weighted by atomic mass is 10.1. The first-order chi connectivity index (χ1) is 9.33. The Morgan fingerprint density at radius 1 is 0.947 bits per heavy atom. The third-order valence-electron chi connectivity index (χ3n) is 3.19. The number of nitrogens with one attached hydrogen (secondary N) is 1. The minimum absolute atomic E-state index is 0.286. The number of hydrogen-bond donors (Lipinski definition) is 2. The predicted octanol–water partition coefficient (Wildman–Crippen LogP) is 0.530. The maximum Gasteiger partial charge on any atom is 0.219 e. The summed E-state index contributed by atoms with van der Waals surface area (Å²) in [6, 6.07) is 4.08. The Morgan fingerprint density at radius 3 is 2.26 bits per heavy atom. The number of nitrogens with zero attached hydrogens (tertiary/aromatic N) is 4. The maximum absolute atomic E-state index is 5.48. The molecule has 1 aliphatic rings. The summed E-state index contributed by atoms with van der Waals surface area (Å²) < 4.78 is 0. The Balaban J connectivity index is 1.80. The van der Waals surface area contributed by atoms with Crippen molar-refractivity contribution in [3.05, 3.63) is 30.7 Å². The average Bonchev–Trinajstić information content (AvgIpc) is 2.49. The van der Waals surface area contributed by atoms with Crippen LogP contribution in [0.25, 0.3) is 11.1 Å². The summed E-state index contributed by atoms with van der Waals surface area (Å²) in [4.78, 5) is 14.8. The van der Waals surface area contributed by atoms with Gasteiger partial charge >= 0.3 is 0 Å². The molecule has 6 nitrogen and oxygen atoms in total. The van der Waals surface area contributed by atoms with Crippen molar-refractivity contribution in [1.82, 2.24) is 20.3 Å². The summed E-state index contributed by atoms with van der Waals surface area (Å²) in [5.74, 6) is 1.30. The van der Waals surface area contributed by atoms with E-state index >= 15 is 0 Å². The van der Waals surface area contributed by atoms with E-state index in [1.54, 1.807) is 12.4 Å². The molecule has 0 aliphatic carbocycles. The summed E-state index contributed by atoms with van der Waals surface area (Å²) in [6.45, 7) is 4.01. The molecule has 98 valence electrons. The smallest absolute Gasteiger partial charge is 0.219 e. The highest BCUT2D eigenvalue weighted by molar-refractivity contribution is 5.62. The van der Waals surface area contributed by atoms with Gasteiger partial charge in [0, 0.05) is 55.9 Å². The highest BCUT2D eigenvalue weighted by atomic mass is 15.2. The fourth-order valence-electron chi connectivity index (χ4n) is 2.12. The second-order valence-electron chi connectivity index (χ2n) is 4.47. The zero-order valence-electron chi connectivity index (χ0n) is 10.6. The van der Waals surface area contributed by atoms with Crippen LogP contribution in [0.3, 0.4) is 0 Å². The summed E-state index contributed by atoms with van der Waals surface area (Å²) in [5, 5.41) is 3.33. The molecule has 1 aliphatic heterocycles.